The Balaban J connectivity index is 1.68. The molecule has 0 spiro atoms. The van der Waals surface area contributed by atoms with Crippen LogP contribution < -0.4 is 10.1 Å². The van der Waals surface area contributed by atoms with Crippen molar-refractivity contribution in [3.8, 4) is 5.75 Å². The number of ether oxygens (including phenoxy) is 1. The summed E-state index contributed by atoms with van der Waals surface area (Å²) in [5, 5.41) is 4.24. The number of aryl methyl sites for hydroxylation is 1. The molecule has 140 valence electrons. The van der Waals surface area contributed by atoms with Crippen LogP contribution in [0.3, 0.4) is 0 Å². The first-order chi connectivity index (χ1) is 12.9. The molecule has 3 aromatic carbocycles. The van der Waals surface area contributed by atoms with Crippen molar-refractivity contribution in [2.45, 2.75) is 27.0 Å². The smallest absolute Gasteiger partial charge is 0.148 e. The van der Waals surface area contributed by atoms with E-state index in [0.29, 0.717) is 6.61 Å². The molecule has 27 heavy (non-hydrogen) atoms. The first kappa shape index (κ1) is 20.2. The Bertz CT molecular complexity index is 919. The zero-order valence-corrected chi connectivity index (χ0v) is 19.1. The van der Waals surface area contributed by atoms with Crippen molar-refractivity contribution in [3.05, 3.63) is 90.8 Å². The average molecular weight is 510 g/mol. The quantitative estimate of drug-likeness (QED) is 0.368. The van der Waals surface area contributed by atoms with Crippen molar-refractivity contribution in [1.29, 1.82) is 0 Å². The maximum absolute atomic E-state index is 5.99. The molecular weight excluding hydrogens is 490 g/mol. The van der Waals surface area contributed by atoms with Gasteiger partial charge in [0, 0.05) is 17.3 Å². The largest absolute Gasteiger partial charge is 0.487 e. The second-order valence-corrected chi connectivity index (χ2v) is 8.55. The summed E-state index contributed by atoms with van der Waals surface area (Å²) in [6, 6.07) is 18.1. The summed E-state index contributed by atoms with van der Waals surface area (Å²) in [6.07, 6.45) is 0. The van der Waals surface area contributed by atoms with E-state index < -0.39 is 0 Å². The average Bonchev–Trinajstić information content (AvgIpc) is 2.64. The highest BCUT2D eigenvalue weighted by molar-refractivity contribution is 9.11. The summed E-state index contributed by atoms with van der Waals surface area (Å²) in [7, 11) is 0. The zero-order valence-electron chi connectivity index (χ0n) is 15.2. The van der Waals surface area contributed by atoms with Crippen molar-refractivity contribution in [2.75, 3.05) is 5.32 Å². The van der Waals surface area contributed by atoms with E-state index in [9.17, 15) is 0 Å². The van der Waals surface area contributed by atoms with Gasteiger partial charge in [-0.25, -0.2) is 0 Å². The number of benzene rings is 3. The molecule has 0 saturated heterocycles. The molecule has 0 saturated carbocycles. The maximum Gasteiger partial charge on any atom is 0.148 e. The minimum Gasteiger partial charge on any atom is -0.487 e. The number of anilines is 1. The third kappa shape index (κ3) is 5.28. The van der Waals surface area contributed by atoms with Crippen molar-refractivity contribution in [1.82, 2.24) is 0 Å². The fourth-order valence-corrected chi connectivity index (χ4v) is 4.36. The molecule has 3 rings (SSSR count). The highest BCUT2D eigenvalue weighted by Crippen LogP contribution is 2.35. The van der Waals surface area contributed by atoms with E-state index in [-0.39, 0.29) is 0 Å². The summed E-state index contributed by atoms with van der Waals surface area (Å²) in [5.41, 5.74) is 5.95. The van der Waals surface area contributed by atoms with Crippen LogP contribution in [0.5, 0.6) is 5.75 Å². The van der Waals surface area contributed by atoms with Crippen LogP contribution in [0.4, 0.5) is 5.69 Å². The van der Waals surface area contributed by atoms with Crippen LogP contribution in [0.1, 0.15) is 22.3 Å². The van der Waals surface area contributed by atoms with Gasteiger partial charge in [0.15, 0.2) is 0 Å². The number of nitrogens with one attached hydrogen (secondary N) is 1. The topological polar surface area (TPSA) is 21.3 Å². The predicted octanol–water partition coefficient (Wildman–Crippen LogP) is 7.67. The van der Waals surface area contributed by atoms with Gasteiger partial charge in [-0.15, -0.1) is 0 Å². The summed E-state index contributed by atoms with van der Waals surface area (Å²) in [6.45, 7) is 5.48. The SMILES string of the molecule is Cc1cccc(NCc2cc(Br)c(OCc3ccc(Cl)cc3)c(Br)c2)c1C. The molecule has 0 fully saturated rings. The number of hydrogen-bond donors (Lipinski definition) is 1. The molecule has 0 bridgehead atoms. The fourth-order valence-electron chi connectivity index (χ4n) is 2.73. The lowest BCUT2D eigenvalue weighted by atomic mass is 10.1. The third-order valence-electron chi connectivity index (χ3n) is 4.44. The fraction of sp³-hybridized carbons (Fsp3) is 0.182. The van der Waals surface area contributed by atoms with Crippen LogP contribution in [0.25, 0.3) is 0 Å². The van der Waals surface area contributed by atoms with Crippen molar-refractivity contribution in [3.63, 3.8) is 0 Å². The molecule has 0 unspecified atom stereocenters. The Labute approximate surface area is 182 Å². The van der Waals surface area contributed by atoms with E-state index in [4.69, 9.17) is 16.3 Å². The molecule has 2 nitrogen and oxygen atoms in total. The van der Waals surface area contributed by atoms with Crippen LogP contribution in [-0.2, 0) is 13.2 Å². The number of hydrogen-bond acceptors (Lipinski definition) is 2. The van der Waals surface area contributed by atoms with Crippen LogP contribution >= 0.6 is 43.5 Å². The van der Waals surface area contributed by atoms with Gasteiger partial charge >= 0.3 is 0 Å². The van der Waals surface area contributed by atoms with Crippen molar-refractivity contribution in [2.24, 2.45) is 0 Å². The minimum absolute atomic E-state index is 0.481. The Morgan fingerprint density at radius 1 is 0.926 bits per heavy atom. The Morgan fingerprint density at radius 2 is 1.59 bits per heavy atom. The summed E-state index contributed by atoms with van der Waals surface area (Å²) < 4.78 is 7.83. The first-order valence-electron chi connectivity index (χ1n) is 8.59. The van der Waals surface area contributed by atoms with Crippen molar-refractivity contribution >= 4 is 49.1 Å². The van der Waals surface area contributed by atoms with Crippen molar-refractivity contribution < 1.29 is 4.74 Å². The van der Waals surface area contributed by atoms with Crippen LogP contribution in [0, 0.1) is 13.8 Å². The third-order valence-corrected chi connectivity index (χ3v) is 5.87. The van der Waals surface area contributed by atoms with E-state index in [1.54, 1.807) is 0 Å². The molecule has 0 atom stereocenters. The monoisotopic (exact) mass is 507 g/mol. The van der Waals surface area contributed by atoms with E-state index in [1.807, 2.05) is 24.3 Å². The molecule has 0 aliphatic heterocycles. The lowest BCUT2D eigenvalue weighted by Crippen LogP contribution is -2.03. The van der Waals surface area contributed by atoms with Crippen LogP contribution in [-0.4, -0.2) is 0 Å². The molecule has 0 radical (unpaired) electrons. The Morgan fingerprint density at radius 3 is 2.26 bits per heavy atom. The molecule has 0 amide bonds. The molecule has 0 aliphatic carbocycles. The molecular formula is C22H20Br2ClNO. The van der Waals surface area contributed by atoms with Gasteiger partial charge < -0.3 is 10.1 Å². The molecule has 0 aliphatic rings. The van der Waals surface area contributed by atoms with E-state index in [1.165, 1.54) is 11.1 Å². The standard InChI is InChI=1S/C22H20Br2ClNO/c1-14-4-3-5-21(15(14)2)26-12-17-10-19(23)22(20(24)11-17)27-13-16-6-8-18(25)9-7-16/h3-11,26H,12-13H2,1-2H3. The number of rotatable bonds is 6. The van der Waals surface area contributed by atoms with Crippen LogP contribution in [0.2, 0.25) is 5.02 Å². The summed E-state index contributed by atoms with van der Waals surface area (Å²) in [5.74, 6) is 0.792. The highest BCUT2D eigenvalue weighted by atomic mass is 79.9. The van der Waals surface area contributed by atoms with Gasteiger partial charge in [0.25, 0.3) is 0 Å². The molecule has 5 heteroatoms. The maximum atomic E-state index is 5.99. The Kier molecular flexibility index (Phi) is 6.85. The molecule has 0 heterocycles. The second kappa shape index (κ2) is 9.13. The summed E-state index contributed by atoms with van der Waals surface area (Å²) >= 11 is 13.2. The van der Waals surface area contributed by atoms with Gasteiger partial charge in [-0.05, 0) is 98.3 Å². The van der Waals surface area contributed by atoms with Gasteiger partial charge in [0.2, 0.25) is 0 Å². The Hall–Kier alpha value is -1.49. The molecule has 0 aromatic heterocycles. The number of halogens is 3. The predicted molar refractivity (Wildman–Crippen MR) is 121 cm³/mol. The van der Waals surface area contributed by atoms with Crippen LogP contribution in [0.15, 0.2) is 63.5 Å². The van der Waals surface area contributed by atoms with E-state index in [2.05, 4.69) is 81.4 Å². The molecule has 1 N–H and O–H groups in total. The highest BCUT2D eigenvalue weighted by Gasteiger charge is 2.10. The van der Waals surface area contributed by atoms with E-state index >= 15 is 0 Å². The normalized spacial score (nSPS) is 10.7. The van der Waals surface area contributed by atoms with E-state index in [0.717, 1.165) is 43.1 Å². The van der Waals surface area contributed by atoms with Gasteiger partial charge in [0.1, 0.15) is 12.4 Å². The first-order valence-corrected chi connectivity index (χ1v) is 10.6. The zero-order chi connectivity index (χ0) is 19.4. The minimum atomic E-state index is 0.481. The lowest BCUT2D eigenvalue weighted by molar-refractivity contribution is 0.302. The van der Waals surface area contributed by atoms with Gasteiger partial charge in [0.05, 0.1) is 8.95 Å². The summed E-state index contributed by atoms with van der Waals surface area (Å²) in [4.78, 5) is 0. The molecule has 3 aromatic rings. The van der Waals surface area contributed by atoms with Gasteiger partial charge in [-0.3, -0.25) is 0 Å². The second-order valence-electron chi connectivity index (χ2n) is 6.40. The van der Waals surface area contributed by atoms with Gasteiger partial charge in [-0.1, -0.05) is 35.9 Å². The van der Waals surface area contributed by atoms with Gasteiger partial charge in [-0.2, -0.15) is 0 Å². The lowest BCUT2D eigenvalue weighted by Gasteiger charge is -2.15.